The van der Waals surface area contributed by atoms with Crippen molar-refractivity contribution in [3.8, 4) is 0 Å². The van der Waals surface area contributed by atoms with Crippen LogP contribution in [0.25, 0.3) is 0 Å². The fraction of sp³-hybridized carbons (Fsp3) is 0.273. The van der Waals surface area contributed by atoms with Crippen LogP contribution in [-0.4, -0.2) is 14.8 Å². The van der Waals surface area contributed by atoms with Gasteiger partial charge in [0.05, 0.1) is 5.69 Å². The predicted molar refractivity (Wildman–Crippen MR) is 67.3 cm³/mol. The molecule has 0 aliphatic rings. The summed E-state index contributed by atoms with van der Waals surface area (Å²) in [5, 5.41) is 7.59. The number of nitrogens with zero attached hydrogens (tertiary/aromatic N) is 3. The van der Waals surface area contributed by atoms with Crippen molar-refractivity contribution in [2.24, 2.45) is 12.9 Å². The van der Waals surface area contributed by atoms with Gasteiger partial charge < -0.3 is 10.7 Å². The van der Waals surface area contributed by atoms with E-state index < -0.39 is 0 Å². The van der Waals surface area contributed by atoms with E-state index in [4.69, 9.17) is 5.84 Å². The summed E-state index contributed by atoms with van der Waals surface area (Å²) in [6.07, 6.45) is 3.71. The van der Waals surface area contributed by atoms with Crippen LogP contribution in [0.5, 0.6) is 0 Å². The smallest absolute Gasteiger partial charge is 0.141 e. The SMILES string of the molecule is Cc1nn(C)cc1CNc1ccnc(NN)c1. The molecule has 0 saturated heterocycles. The van der Waals surface area contributed by atoms with Crippen LogP contribution in [0, 0.1) is 6.92 Å². The third-order valence-corrected chi connectivity index (χ3v) is 2.51. The highest BCUT2D eigenvalue weighted by Crippen LogP contribution is 2.13. The van der Waals surface area contributed by atoms with Gasteiger partial charge in [0.15, 0.2) is 0 Å². The van der Waals surface area contributed by atoms with Gasteiger partial charge in [-0.3, -0.25) is 4.68 Å². The molecule has 0 fully saturated rings. The molecule has 90 valence electrons. The number of aromatic nitrogens is 3. The van der Waals surface area contributed by atoms with Crippen LogP contribution in [0.3, 0.4) is 0 Å². The maximum atomic E-state index is 5.30. The molecular weight excluding hydrogens is 216 g/mol. The Bertz CT molecular complexity index is 504. The van der Waals surface area contributed by atoms with Gasteiger partial charge in [0.25, 0.3) is 0 Å². The van der Waals surface area contributed by atoms with Crippen molar-refractivity contribution in [2.75, 3.05) is 10.7 Å². The van der Waals surface area contributed by atoms with Crippen molar-refractivity contribution in [1.29, 1.82) is 0 Å². The van der Waals surface area contributed by atoms with Crippen molar-refractivity contribution < 1.29 is 0 Å². The van der Waals surface area contributed by atoms with E-state index >= 15 is 0 Å². The topological polar surface area (TPSA) is 80.8 Å². The zero-order valence-electron chi connectivity index (χ0n) is 9.94. The zero-order chi connectivity index (χ0) is 12.3. The van der Waals surface area contributed by atoms with Crippen molar-refractivity contribution in [3.63, 3.8) is 0 Å². The number of hydrogen-bond acceptors (Lipinski definition) is 5. The maximum absolute atomic E-state index is 5.30. The molecule has 0 saturated carbocycles. The van der Waals surface area contributed by atoms with E-state index in [9.17, 15) is 0 Å². The highest BCUT2D eigenvalue weighted by Gasteiger charge is 2.02. The normalized spacial score (nSPS) is 10.3. The number of nitrogens with two attached hydrogens (primary N) is 1. The van der Waals surface area contributed by atoms with Gasteiger partial charge in [-0.15, -0.1) is 0 Å². The Hall–Kier alpha value is -2.08. The Morgan fingerprint density at radius 1 is 1.47 bits per heavy atom. The Morgan fingerprint density at radius 2 is 2.29 bits per heavy atom. The summed E-state index contributed by atoms with van der Waals surface area (Å²) < 4.78 is 1.81. The van der Waals surface area contributed by atoms with Crippen LogP contribution >= 0.6 is 0 Å². The second-order valence-electron chi connectivity index (χ2n) is 3.84. The molecule has 2 aromatic heterocycles. The maximum Gasteiger partial charge on any atom is 0.141 e. The van der Waals surface area contributed by atoms with Gasteiger partial charge >= 0.3 is 0 Å². The van der Waals surface area contributed by atoms with Crippen LogP contribution in [0.15, 0.2) is 24.5 Å². The standard InChI is InChI=1S/C11H16N6/c1-8-9(7-17(2)16-8)6-14-10-3-4-13-11(5-10)15-12/h3-5,7H,6,12H2,1-2H3,(H2,13,14,15). The molecule has 6 nitrogen and oxygen atoms in total. The van der Waals surface area contributed by atoms with E-state index in [-0.39, 0.29) is 0 Å². The second-order valence-corrected chi connectivity index (χ2v) is 3.84. The van der Waals surface area contributed by atoms with Gasteiger partial charge in [-0.2, -0.15) is 5.10 Å². The Morgan fingerprint density at radius 3 is 2.94 bits per heavy atom. The molecule has 0 aliphatic carbocycles. The first-order chi connectivity index (χ1) is 8.19. The first-order valence-corrected chi connectivity index (χ1v) is 5.34. The van der Waals surface area contributed by atoms with Gasteiger partial charge in [-0.25, -0.2) is 10.8 Å². The number of anilines is 2. The molecular formula is C11H16N6. The zero-order valence-corrected chi connectivity index (χ0v) is 9.94. The summed E-state index contributed by atoms with van der Waals surface area (Å²) in [6.45, 7) is 2.73. The number of aryl methyl sites for hydroxylation is 2. The lowest BCUT2D eigenvalue weighted by atomic mass is 10.2. The molecule has 2 rings (SSSR count). The average molecular weight is 232 g/mol. The van der Waals surface area contributed by atoms with Gasteiger partial charge in [-0.05, 0) is 13.0 Å². The van der Waals surface area contributed by atoms with Gasteiger partial charge in [0.1, 0.15) is 5.82 Å². The molecule has 0 radical (unpaired) electrons. The van der Waals surface area contributed by atoms with Crippen molar-refractivity contribution >= 4 is 11.5 Å². The van der Waals surface area contributed by atoms with E-state index in [1.54, 1.807) is 6.20 Å². The lowest BCUT2D eigenvalue weighted by molar-refractivity contribution is 0.756. The largest absolute Gasteiger partial charge is 0.381 e. The Kier molecular flexibility index (Phi) is 3.24. The summed E-state index contributed by atoms with van der Waals surface area (Å²) >= 11 is 0. The molecule has 0 aliphatic heterocycles. The molecule has 2 heterocycles. The second kappa shape index (κ2) is 4.84. The lowest BCUT2D eigenvalue weighted by Gasteiger charge is -2.06. The number of nitrogen functional groups attached to an aromatic ring is 1. The number of nitrogens with one attached hydrogen (secondary N) is 2. The summed E-state index contributed by atoms with van der Waals surface area (Å²) in [7, 11) is 1.92. The lowest BCUT2D eigenvalue weighted by Crippen LogP contribution is -2.09. The van der Waals surface area contributed by atoms with E-state index in [0.29, 0.717) is 5.82 Å². The van der Waals surface area contributed by atoms with E-state index in [1.807, 2.05) is 37.0 Å². The molecule has 0 bridgehead atoms. The summed E-state index contributed by atoms with van der Waals surface area (Å²) in [6, 6.07) is 3.75. The molecule has 0 atom stereocenters. The summed E-state index contributed by atoms with van der Waals surface area (Å²) in [5.41, 5.74) is 5.69. The van der Waals surface area contributed by atoms with Crippen LogP contribution in [0.2, 0.25) is 0 Å². The molecule has 0 unspecified atom stereocenters. The molecule has 17 heavy (non-hydrogen) atoms. The third-order valence-electron chi connectivity index (χ3n) is 2.51. The van der Waals surface area contributed by atoms with Gasteiger partial charge in [-0.1, -0.05) is 0 Å². The monoisotopic (exact) mass is 232 g/mol. The minimum atomic E-state index is 0.637. The molecule has 4 N–H and O–H groups in total. The molecule has 0 aromatic carbocycles. The van der Waals surface area contributed by atoms with Gasteiger partial charge in [0, 0.05) is 43.3 Å². The highest BCUT2D eigenvalue weighted by atomic mass is 15.3. The van der Waals surface area contributed by atoms with Crippen molar-refractivity contribution in [3.05, 3.63) is 35.8 Å². The van der Waals surface area contributed by atoms with Gasteiger partial charge in [0.2, 0.25) is 0 Å². The first kappa shape index (κ1) is 11.4. The molecule has 6 heteroatoms. The summed E-state index contributed by atoms with van der Waals surface area (Å²) in [4.78, 5) is 4.04. The number of pyridine rings is 1. The quantitative estimate of drug-likeness (QED) is 0.541. The molecule has 2 aromatic rings. The van der Waals surface area contributed by atoms with Crippen LogP contribution in [0.1, 0.15) is 11.3 Å². The van der Waals surface area contributed by atoms with E-state index in [2.05, 4.69) is 20.8 Å². The minimum Gasteiger partial charge on any atom is -0.381 e. The van der Waals surface area contributed by atoms with Crippen LogP contribution in [0.4, 0.5) is 11.5 Å². The first-order valence-electron chi connectivity index (χ1n) is 5.34. The number of hydrogen-bond donors (Lipinski definition) is 3. The number of hydrazine groups is 1. The third kappa shape index (κ3) is 2.73. The minimum absolute atomic E-state index is 0.637. The fourth-order valence-electron chi connectivity index (χ4n) is 1.64. The average Bonchev–Trinajstić information content (AvgIpc) is 2.65. The number of rotatable bonds is 4. The summed E-state index contributed by atoms with van der Waals surface area (Å²) in [5.74, 6) is 5.94. The van der Waals surface area contributed by atoms with Crippen LogP contribution < -0.4 is 16.6 Å². The van der Waals surface area contributed by atoms with E-state index in [1.165, 1.54) is 5.56 Å². The van der Waals surface area contributed by atoms with Crippen molar-refractivity contribution in [2.45, 2.75) is 13.5 Å². The predicted octanol–water partition coefficient (Wildman–Crippen LogP) is 1.02. The fourth-order valence-corrected chi connectivity index (χ4v) is 1.64. The molecule has 0 spiro atoms. The van der Waals surface area contributed by atoms with Crippen LogP contribution in [-0.2, 0) is 13.6 Å². The Labute approximate surface area is 99.8 Å². The Balaban J connectivity index is 2.04. The van der Waals surface area contributed by atoms with Crippen molar-refractivity contribution in [1.82, 2.24) is 14.8 Å². The molecule has 0 amide bonds. The highest BCUT2D eigenvalue weighted by molar-refractivity contribution is 5.51. The van der Waals surface area contributed by atoms with E-state index in [0.717, 1.165) is 17.9 Å².